The number of quaternary nitrogens is 1. The van der Waals surface area contributed by atoms with E-state index in [1.807, 2.05) is 0 Å². The summed E-state index contributed by atoms with van der Waals surface area (Å²) in [7, 11) is 5.41. The normalized spacial score (nSPS) is 13.0. The quantitative estimate of drug-likeness (QED) is 0.0266. The fourth-order valence-electron chi connectivity index (χ4n) is 6.65. The van der Waals surface area contributed by atoms with Crippen LogP contribution >= 0.6 is 0 Å². The number of aliphatic carboxylic acids is 1. The molecule has 0 aliphatic carbocycles. The SMILES string of the molecule is CCCCC/C=C/CCCCCCCC(=O)OC(COCCC(C(=O)[O-])[N+](C)(C)C)COC(=O)CCCCCCCCCCCCCCCCCCC. The molecule has 0 aliphatic heterocycles. The minimum absolute atomic E-state index is 0.0427. The van der Waals surface area contributed by atoms with Crippen LogP contribution in [0.4, 0.5) is 0 Å². The molecule has 0 heterocycles. The molecule has 0 fully saturated rings. The van der Waals surface area contributed by atoms with Gasteiger partial charge in [0, 0.05) is 19.3 Å². The number of unbranched alkanes of at least 4 members (excludes halogenated alkanes) is 24. The summed E-state index contributed by atoms with van der Waals surface area (Å²) < 4.78 is 17.2. The van der Waals surface area contributed by atoms with Crippen LogP contribution in [-0.2, 0) is 28.6 Å². The Morgan fingerprint density at radius 2 is 0.943 bits per heavy atom. The van der Waals surface area contributed by atoms with Gasteiger partial charge in [0.05, 0.1) is 40.3 Å². The van der Waals surface area contributed by atoms with Crippen LogP contribution in [-0.4, -0.2) is 75.5 Å². The van der Waals surface area contributed by atoms with E-state index in [4.69, 9.17) is 14.2 Å². The molecule has 53 heavy (non-hydrogen) atoms. The van der Waals surface area contributed by atoms with Gasteiger partial charge in [-0.3, -0.25) is 9.59 Å². The van der Waals surface area contributed by atoms with Gasteiger partial charge in [0.15, 0.2) is 6.10 Å². The first-order chi connectivity index (χ1) is 25.6. The molecule has 312 valence electrons. The van der Waals surface area contributed by atoms with Gasteiger partial charge in [0.1, 0.15) is 12.6 Å². The molecule has 2 unspecified atom stereocenters. The molecule has 0 aromatic rings. The Hall–Kier alpha value is -1.93. The number of carbonyl (C=O) groups excluding carboxylic acids is 3. The van der Waals surface area contributed by atoms with E-state index < -0.39 is 18.1 Å². The first-order valence-corrected chi connectivity index (χ1v) is 22.2. The Morgan fingerprint density at radius 3 is 1.40 bits per heavy atom. The predicted molar refractivity (Wildman–Crippen MR) is 217 cm³/mol. The van der Waals surface area contributed by atoms with Crippen LogP contribution in [0.25, 0.3) is 0 Å². The summed E-state index contributed by atoms with van der Waals surface area (Å²) in [5, 5.41) is 11.6. The van der Waals surface area contributed by atoms with E-state index in [9.17, 15) is 19.5 Å². The van der Waals surface area contributed by atoms with Crippen molar-refractivity contribution in [2.75, 3.05) is 41.0 Å². The predicted octanol–water partition coefficient (Wildman–Crippen LogP) is 10.6. The van der Waals surface area contributed by atoms with Crippen LogP contribution in [0.15, 0.2) is 12.2 Å². The van der Waals surface area contributed by atoms with E-state index in [1.54, 1.807) is 21.1 Å². The largest absolute Gasteiger partial charge is 0.544 e. The number of rotatable bonds is 40. The highest BCUT2D eigenvalue weighted by atomic mass is 16.6. The zero-order valence-corrected chi connectivity index (χ0v) is 35.4. The van der Waals surface area contributed by atoms with Gasteiger partial charge in [-0.25, -0.2) is 0 Å². The van der Waals surface area contributed by atoms with Crippen molar-refractivity contribution in [1.29, 1.82) is 0 Å². The van der Waals surface area contributed by atoms with Gasteiger partial charge in [0.25, 0.3) is 0 Å². The summed E-state index contributed by atoms with van der Waals surface area (Å²) in [5.74, 6) is -1.73. The van der Waals surface area contributed by atoms with Crippen LogP contribution in [0.1, 0.15) is 206 Å². The summed E-state index contributed by atoms with van der Waals surface area (Å²) in [4.78, 5) is 36.8. The maximum absolute atomic E-state index is 12.7. The van der Waals surface area contributed by atoms with Crippen molar-refractivity contribution in [2.45, 2.75) is 219 Å². The molecule has 0 N–H and O–H groups in total. The average Bonchev–Trinajstić information content (AvgIpc) is 3.11. The third-order valence-electron chi connectivity index (χ3n) is 10.2. The van der Waals surface area contributed by atoms with Gasteiger partial charge in [-0.15, -0.1) is 0 Å². The van der Waals surface area contributed by atoms with Crippen molar-refractivity contribution >= 4 is 17.9 Å². The van der Waals surface area contributed by atoms with Gasteiger partial charge >= 0.3 is 11.9 Å². The summed E-state index contributed by atoms with van der Waals surface area (Å²) in [5.41, 5.74) is 0. The molecule has 0 spiro atoms. The molecule has 0 rings (SSSR count). The number of carboxylic acid groups (broad SMARTS) is 1. The standard InChI is InChI=1S/C45H85NO7/c1-6-8-10-12-14-16-18-20-21-22-23-24-26-27-29-31-33-35-43(47)52-40-41(39-51-38-37-42(45(49)50)46(3,4)5)53-44(48)36-34-32-30-28-25-19-17-15-13-11-9-7-2/h15,17,41-42H,6-14,16,18-40H2,1-5H3/b17-15+. The van der Waals surface area contributed by atoms with Crippen LogP contribution in [0, 0.1) is 0 Å². The number of likely N-dealkylation sites (N-methyl/N-ethyl adjacent to an activating group) is 1. The third kappa shape index (κ3) is 35.5. The van der Waals surface area contributed by atoms with E-state index in [2.05, 4.69) is 26.0 Å². The number of hydrogen-bond acceptors (Lipinski definition) is 7. The molecule has 0 saturated carbocycles. The highest BCUT2D eigenvalue weighted by molar-refractivity contribution is 5.70. The molecule has 8 heteroatoms. The second kappa shape index (κ2) is 37.0. The fraction of sp³-hybridized carbons (Fsp3) is 0.889. The lowest BCUT2D eigenvalue weighted by molar-refractivity contribution is -0.889. The lowest BCUT2D eigenvalue weighted by Gasteiger charge is -2.34. The van der Waals surface area contributed by atoms with E-state index in [-0.39, 0.29) is 42.7 Å². The Balaban J connectivity index is 4.28. The number of allylic oxidation sites excluding steroid dienone is 2. The molecule has 0 aromatic carbocycles. The molecular weight excluding hydrogens is 666 g/mol. The molecule has 0 bridgehead atoms. The summed E-state index contributed by atoms with van der Waals surface area (Å²) in [6.07, 6.45) is 38.0. The van der Waals surface area contributed by atoms with Gasteiger partial charge in [0.2, 0.25) is 0 Å². The molecule has 0 saturated heterocycles. The molecule has 0 aliphatic rings. The Kier molecular flexibility index (Phi) is 35.7. The van der Waals surface area contributed by atoms with Gasteiger partial charge < -0.3 is 28.6 Å². The van der Waals surface area contributed by atoms with Crippen molar-refractivity contribution in [3.05, 3.63) is 12.2 Å². The number of carbonyl (C=O) groups is 3. The maximum Gasteiger partial charge on any atom is 0.306 e. The number of esters is 2. The zero-order valence-electron chi connectivity index (χ0n) is 35.4. The number of carboxylic acids is 1. The lowest BCUT2D eigenvalue weighted by atomic mass is 10.0. The van der Waals surface area contributed by atoms with Crippen LogP contribution < -0.4 is 5.11 Å². The first-order valence-electron chi connectivity index (χ1n) is 22.2. The monoisotopic (exact) mass is 752 g/mol. The van der Waals surface area contributed by atoms with Gasteiger partial charge in [-0.1, -0.05) is 161 Å². The number of ether oxygens (including phenoxy) is 3. The van der Waals surface area contributed by atoms with E-state index in [0.717, 1.165) is 51.4 Å². The zero-order chi connectivity index (χ0) is 39.3. The Labute approximate surface area is 327 Å². The van der Waals surface area contributed by atoms with Crippen LogP contribution in [0.2, 0.25) is 0 Å². The van der Waals surface area contributed by atoms with Crippen LogP contribution in [0.5, 0.6) is 0 Å². The Morgan fingerprint density at radius 1 is 0.547 bits per heavy atom. The van der Waals surface area contributed by atoms with Crippen molar-refractivity contribution in [3.63, 3.8) is 0 Å². The highest BCUT2D eigenvalue weighted by Crippen LogP contribution is 2.15. The van der Waals surface area contributed by atoms with Crippen LogP contribution in [0.3, 0.4) is 0 Å². The second-order valence-electron chi connectivity index (χ2n) is 16.3. The summed E-state index contributed by atoms with van der Waals surface area (Å²) in [6.45, 7) is 4.65. The molecule has 0 aromatic heterocycles. The second-order valence-corrected chi connectivity index (χ2v) is 16.3. The topological polar surface area (TPSA) is 102 Å². The summed E-state index contributed by atoms with van der Waals surface area (Å²) in [6, 6.07) is -0.722. The van der Waals surface area contributed by atoms with Gasteiger partial charge in [-0.05, 0) is 38.5 Å². The highest BCUT2D eigenvalue weighted by Gasteiger charge is 2.25. The minimum Gasteiger partial charge on any atom is -0.544 e. The van der Waals surface area contributed by atoms with Crippen molar-refractivity contribution < 1.29 is 38.2 Å². The minimum atomic E-state index is -1.12. The molecule has 2 atom stereocenters. The number of nitrogens with zero attached hydrogens (tertiary/aromatic N) is 1. The molecule has 0 amide bonds. The third-order valence-corrected chi connectivity index (χ3v) is 10.2. The molecule has 8 nitrogen and oxygen atoms in total. The first kappa shape index (κ1) is 51.1. The number of hydrogen-bond donors (Lipinski definition) is 0. The van der Waals surface area contributed by atoms with Crippen molar-refractivity contribution in [2.24, 2.45) is 0 Å². The smallest absolute Gasteiger partial charge is 0.306 e. The van der Waals surface area contributed by atoms with Crippen molar-refractivity contribution in [3.8, 4) is 0 Å². The maximum atomic E-state index is 12.7. The summed E-state index contributed by atoms with van der Waals surface area (Å²) >= 11 is 0. The Bertz CT molecular complexity index is 885. The average molecular weight is 752 g/mol. The van der Waals surface area contributed by atoms with E-state index >= 15 is 0 Å². The fourth-order valence-corrected chi connectivity index (χ4v) is 6.65. The lowest BCUT2D eigenvalue weighted by Crippen LogP contribution is -2.55. The van der Waals surface area contributed by atoms with E-state index in [1.165, 1.54) is 122 Å². The van der Waals surface area contributed by atoms with E-state index in [0.29, 0.717) is 12.8 Å². The van der Waals surface area contributed by atoms with Gasteiger partial charge in [-0.2, -0.15) is 0 Å². The molecule has 0 radical (unpaired) electrons. The van der Waals surface area contributed by atoms with Crippen molar-refractivity contribution in [1.82, 2.24) is 0 Å². The molecular formula is C45H85NO7.